The van der Waals surface area contributed by atoms with Crippen molar-refractivity contribution in [3.8, 4) is 6.01 Å². The Hall–Kier alpha value is -1.63. The zero-order valence-corrected chi connectivity index (χ0v) is 11.6. The summed E-state index contributed by atoms with van der Waals surface area (Å²) in [5.74, 6) is 0.949. The van der Waals surface area contributed by atoms with Crippen LogP contribution in [0.5, 0.6) is 6.01 Å². The monoisotopic (exact) mass is 255 g/mol. The summed E-state index contributed by atoms with van der Waals surface area (Å²) >= 11 is 0. The summed E-state index contributed by atoms with van der Waals surface area (Å²) in [5, 5.41) is 6.12. The second kappa shape index (κ2) is 6.34. The van der Waals surface area contributed by atoms with Gasteiger partial charge in [0.2, 0.25) is 11.9 Å². The van der Waals surface area contributed by atoms with E-state index in [9.17, 15) is 0 Å². The van der Waals surface area contributed by atoms with Crippen LogP contribution in [0, 0.1) is 0 Å². The lowest BCUT2D eigenvalue weighted by atomic mass is 10.1. The average molecular weight is 255 g/mol. The lowest BCUT2D eigenvalue weighted by Crippen LogP contribution is -2.32. The Bertz CT molecular complexity index is 384. The minimum absolute atomic E-state index is 0.277. The summed E-state index contributed by atoms with van der Waals surface area (Å²) in [6, 6.07) is 0.277. The van der Waals surface area contributed by atoms with Crippen LogP contribution in [-0.4, -0.2) is 47.9 Å². The minimum atomic E-state index is -0.293. The Balaban J connectivity index is 2.78. The second-order valence-corrected chi connectivity index (χ2v) is 4.32. The Morgan fingerprint density at radius 1 is 1.06 bits per heavy atom. The van der Waals surface area contributed by atoms with Crippen molar-refractivity contribution in [3.63, 3.8) is 0 Å². The van der Waals surface area contributed by atoms with Crippen LogP contribution in [0.4, 0.5) is 11.9 Å². The molecule has 2 N–H and O–H groups in total. The summed E-state index contributed by atoms with van der Waals surface area (Å²) in [6.45, 7) is 7.24. The second-order valence-electron chi connectivity index (χ2n) is 4.32. The van der Waals surface area contributed by atoms with E-state index in [2.05, 4.69) is 25.6 Å². The van der Waals surface area contributed by atoms with Gasteiger partial charge in [0, 0.05) is 20.2 Å². The van der Waals surface area contributed by atoms with Crippen LogP contribution in [-0.2, 0) is 4.74 Å². The van der Waals surface area contributed by atoms with E-state index in [0.29, 0.717) is 18.4 Å². The molecule has 0 radical (unpaired) electrons. The van der Waals surface area contributed by atoms with Crippen molar-refractivity contribution >= 4 is 11.9 Å². The van der Waals surface area contributed by atoms with Crippen LogP contribution in [0.2, 0.25) is 0 Å². The maximum absolute atomic E-state index is 5.31. The van der Waals surface area contributed by atoms with Gasteiger partial charge in [-0.05, 0) is 20.8 Å². The molecule has 7 heteroatoms. The summed E-state index contributed by atoms with van der Waals surface area (Å²) in [6.07, 6.45) is 0. The number of ether oxygens (including phenoxy) is 2. The molecule has 0 fully saturated rings. The molecular formula is C11H21N5O2. The fourth-order valence-electron chi connectivity index (χ4n) is 1.13. The highest BCUT2D eigenvalue weighted by atomic mass is 16.5. The predicted octanol–water partition coefficient (Wildman–Crippen LogP) is 1.15. The smallest absolute Gasteiger partial charge is 0.322 e. The number of hydrogen-bond acceptors (Lipinski definition) is 7. The first-order valence-electron chi connectivity index (χ1n) is 5.83. The first kappa shape index (κ1) is 14.4. The molecule has 0 aliphatic carbocycles. The Labute approximate surface area is 107 Å². The highest BCUT2D eigenvalue weighted by molar-refractivity contribution is 5.35. The van der Waals surface area contributed by atoms with Gasteiger partial charge in [-0.15, -0.1) is 0 Å². The minimum Gasteiger partial charge on any atom is -0.467 e. The van der Waals surface area contributed by atoms with Gasteiger partial charge >= 0.3 is 6.01 Å². The Morgan fingerprint density at radius 3 is 2.17 bits per heavy atom. The van der Waals surface area contributed by atoms with Gasteiger partial charge in [-0.3, -0.25) is 0 Å². The van der Waals surface area contributed by atoms with E-state index in [4.69, 9.17) is 9.47 Å². The Kier molecular flexibility index (Phi) is 5.08. The molecule has 7 nitrogen and oxygen atoms in total. The molecule has 0 atom stereocenters. The molecule has 0 spiro atoms. The number of nitrogens with zero attached hydrogens (tertiary/aromatic N) is 3. The number of rotatable bonds is 7. The fourth-order valence-corrected chi connectivity index (χ4v) is 1.13. The van der Waals surface area contributed by atoms with Crippen LogP contribution >= 0.6 is 0 Å². The standard InChI is InChI=1S/C11H21N5O2/c1-6-12-8-14-9(16-10(15-8)17-4)13-7-11(2,3)18-5/h6-7H2,1-5H3,(H2,12,13,14,15,16). The van der Waals surface area contributed by atoms with E-state index in [-0.39, 0.29) is 11.6 Å². The molecule has 1 aromatic heterocycles. The number of anilines is 2. The zero-order valence-electron chi connectivity index (χ0n) is 11.6. The van der Waals surface area contributed by atoms with E-state index in [0.717, 1.165) is 6.54 Å². The van der Waals surface area contributed by atoms with Crippen molar-refractivity contribution < 1.29 is 9.47 Å². The maximum atomic E-state index is 5.31. The normalized spacial score (nSPS) is 11.2. The van der Waals surface area contributed by atoms with Gasteiger partial charge < -0.3 is 20.1 Å². The van der Waals surface area contributed by atoms with Gasteiger partial charge in [0.05, 0.1) is 12.7 Å². The van der Waals surface area contributed by atoms with Crippen LogP contribution in [0.15, 0.2) is 0 Å². The first-order chi connectivity index (χ1) is 8.50. The van der Waals surface area contributed by atoms with Crippen molar-refractivity contribution in [2.75, 3.05) is 37.9 Å². The number of nitrogens with one attached hydrogen (secondary N) is 2. The average Bonchev–Trinajstić information content (AvgIpc) is 2.37. The molecule has 0 saturated heterocycles. The summed E-state index contributed by atoms with van der Waals surface area (Å²) in [5.41, 5.74) is -0.293. The van der Waals surface area contributed by atoms with Crippen LogP contribution in [0.1, 0.15) is 20.8 Å². The van der Waals surface area contributed by atoms with Gasteiger partial charge in [-0.2, -0.15) is 15.0 Å². The molecule has 0 amide bonds. The molecule has 1 aromatic rings. The van der Waals surface area contributed by atoms with Crippen LogP contribution in [0.3, 0.4) is 0 Å². The lowest BCUT2D eigenvalue weighted by Gasteiger charge is -2.23. The topological polar surface area (TPSA) is 81.2 Å². The van der Waals surface area contributed by atoms with E-state index in [1.54, 1.807) is 7.11 Å². The van der Waals surface area contributed by atoms with Crippen LogP contribution in [0.25, 0.3) is 0 Å². The van der Waals surface area contributed by atoms with Gasteiger partial charge in [0.25, 0.3) is 0 Å². The van der Waals surface area contributed by atoms with Crippen molar-refractivity contribution in [1.29, 1.82) is 0 Å². The maximum Gasteiger partial charge on any atom is 0.322 e. The lowest BCUT2D eigenvalue weighted by molar-refractivity contribution is 0.0342. The molecule has 18 heavy (non-hydrogen) atoms. The quantitative estimate of drug-likeness (QED) is 0.756. The van der Waals surface area contributed by atoms with Gasteiger partial charge in [-0.25, -0.2) is 0 Å². The van der Waals surface area contributed by atoms with E-state index < -0.39 is 0 Å². The molecule has 0 aliphatic heterocycles. The SMILES string of the molecule is CCNc1nc(NCC(C)(C)OC)nc(OC)n1. The van der Waals surface area contributed by atoms with Crippen LogP contribution < -0.4 is 15.4 Å². The Morgan fingerprint density at radius 2 is 1.67 bits per heavy atom. The van der Waals surface area contributed by atoms with E-state index >= 15 is 0 Å². The highest BCUT2D eigenvalue weighted by Crippen LogP contribution is 2.13. The van der Waals surface area contributed by atoms with E-state index in [1.807, 2.05) is 20.8 Å². The molecular weight excluding hydrogens is 234 g/mol. The largest absolute Gasteiger partial charge is 0.467 e. The predicted molar refractivity (Wildman–Crippen MR) is 70.1 cm³/mol. The van der Waals surface area contributed by atoms with Gasteiger partial charge in [0.15, 0.2) is 0 Å². The van der Waals surface area contributed by atoms with Crippen molar-refractivity contribution in [2.45, 2.75) is 26.4 Å². The molecule has 0 aromatic carbocycles. The number of hydrogen-bond donors (Lipinski definition) is 2. The van der Waals surface area contributed by atoms with E-state index in [1.165, 1.54) is 7.11 Å². The number of methoxy groups -OCH3 is 2. The molecule has 0 unspecified atom stereocenters. The van der Waals surface area contributed by atoms with Crippen molar-refractivity contribution in [1.82, 2.24) is 15.0 Å². The van der Waals surface area contributed by atoms with Crippen molar-refractivity contribution in [2.24, 2.45) is 0 Å². The third-order valence-electron chi connectivity index (χ3n) is 2.36. The molecule has 102 valence electrons. The molecule has 1 rings (SSSR count). The third kappa shape index (κ3) is 4.33. The molecule has 0 bridgehead atoms. The molecule has 0 saturated carbocycles. The number of aromatic nitrogens is 3. The molecule has 0 aliphatic rings. The highest BCUT2D eigenvalue weighted by Gasteiger charge is 2.17. The zero-order chi connectivity index (χ0) is 13.6. The third-order valence-corrected chi connectivity index (χ3v) is 2.36. The van der Waals surface area contributed by atoms with Gasteiger partial charge in [-0.1, -0.05) is 0 Å². The summed E-state index contributed by atoms with van der Waals surface area (Å²) in [7, 11) is 3.19. The van der Waals surface area contributed by atoms with Crippen molar-refractivity contribution in [3.05, 3.63) is 0 Å². The summed E-state index contributed by atoms with van der Waals surface area (Å²) < 4.78 is 10.3. The molecule has 1 heterocycles. The summed E-state index contributed by atoms with van der Waals surface area (Å²) in [4.78, 5) is 12.4. The first-order valence-corrected chi connectivity index (χ1v) is 5.83. The van der Waals surface area contributed by atoms with Gasteiger partial charge in [0.1, 0.15) is 0 Å². The fraction of sp³-hybridized carbons (Fsp3) is 0.727.